The third-order valence-corrected chi connectivity index (χ3v) is 9.56. The number of benzene rings is 1. The highest BCUT2D eigenvalue weighted by Crippen LogP contribution is 2.43. The molecule has 1 aromatic carbocycles. The number of aryl methyl sites for hydroxylation is 1. The highest BCUT2D eigenvalue weighted by atomic mass is 35.5. The second-order valence-electron chi connectivity index (χ2n) is 12.3. The minimum atomic E-state index is -5.24. The van der Waals surface area contributed by atoms with Crippen molar-refractivity contribution in [3.63, 3.8) is 0 Å². The van der Waals surface area contributed by atoms with E-state index < -0.39 is 56.8 Å². The number of hydrogen-bond donors (Lipinski definition) is 2. The summed E-state index contributed by atoms with van der Waals surface area (Å²) in [5.74, 6) is -2.02. The van der Waals surface area contributed by atoms with E-state index in [0.717, 1.165) is 10.6 Å². The number of nitrogens with two attached hydrogens (primary N) is 1. The number of nitrogens with one attached hydrogen (secondary N) is 1. The van der Waals surface area contributed by atoms with Crippen molar-refractivity contribution in [1.82, 2.24) is 19.0 Å². The Morgan fingerprint density at radius 1 is 1.10 bits per heavy atom. The Morgan fingerprint density at radius 3 is 2.47 bits per heavy atom. The van der Waals surface area contributed by atoms with E-state index in [2.05, 4.69) is 16.9 Å². The Kier molecular flexibility index (Phi) is 8.68. The van der Waals surface area contributed by atoms with Gasteiger partial charge in [-0.25, -0.2) is 4.39 Å². The van der Waals surface area contributed by atoms with Gasteiger partial charge in [0.15, 0.2) is 5.82 Å². The van der Waals surface area contributed by atoms with E-state index in [1.165, 1.54) is 12.3 Å². The van der Waals surface area contributed by atoms with Crippen LogP contribution in [0.3, 0.4) is 0 Å². The summed E-state index contributed by atoms with van der Waals surface area (Å²) in [6.45, 7) is 9.61. The molecule has 4 aromatic rings. The zero-order chi connectivity index (χ0) is 35.7. The first-order valence-electron chi connectivity index (χ1n) is 15.3. The molecule has 2 aliphatic rings. The third kappa shape index (κ3) is 5.50. The maximum absolute atomic E-state index is 15.8. The molecule has 0 radical (unpaired) electrons. The maximum Gasteiger partial charge on any atom is 0.431 e. The number of nitrogen functional groups attached to an aromatic ring is 1. The quantitative estimate of drug-likeness (QED) is 0.114. The number of halogens is 6. The van der Waals surface area contributed by atoms with E-state index in [1.807, 2.05) is 13.8 Å². The van der Waals surface area contributed by atoms with Crippen molar-refractivity contribution in [3.05, 3.63) is 90.6 Å². The molecular weight excluding hydrogens is 689 g/mol. The van der Waals surface area contributed by atoms with Crippen LogP contribution < -0.4 is 27.1 Å². The lowest BCUT2D eigenvalue weighted by molar-refractivity contribution is -0.142. The Hall–Kier alpha value is -4.56. The summed E-state index contributed by atoms with van der Waals surface area (Å²) < 4.78 is 62.2. The number of aromatic nitrogens is 3. The monoisotopic (exact) mass is 719 g/mol. The molecule has 49 heavy (non-hydrogen) atoms. The molecule has 1 unspecified atom stereocenters. The predicted molar refractivity (Wildman–Crippen MR) is 182 cm³/mol. The molecule has 2 aliphatic heterocycles. The van der Waals surface area contributed by atoms with E-state index in [1.54, 1.807) is 22.8 Å². The van der Waals surface area contributed by atoms with E-state index >= 15 is 17.6 Å². The van der Waals surface area contributed by atoms with Crippen LogP contribution in [0.1, 0.15) is 43.1 Å². The van der Waals surface area contributed by atoms with Gasteiger partial charge in [-0.3, -0.25) is 28.5 Å². The maximum atomic E-state index is 15.8. The molecule has 0 bridgehead atoms. The van der Waals surface area contributed by atoms with E-state index in [0.29, 0.717) is 23.7 Å². The van der Waals surface area contributed by atoms with Crippen molar-refractivity contribution >= 4 is 57.1 Å². The number of piperazine rings is 1. The largest absolute Gasteiger partial charge is 0.431 e. The standard InChI is InChI=1S/C33H31Cl2F4N7O3/c1-5-22(47)43-10-11-44-17(14-43)7-9-42-26-28(44)18-12-21(33(37,38)39)45(30-23(36)19(34)13-20(35)24(30)40)32(49)29(18)46(31(26)48)27-16(4)6-8-41-25(27)15(2)3/h5-6,8,12-13,15,17,42H,1,7,9-11,14,40H2,2-4H3. The Bertz CT molecular complexity index is 2160. The number of fused-ring (bicyclic) bond motifs is 5. The summed E-state index contributed by atoms with van der Waals surface area (Å²) in [6.07, 6.45) is -2.12. The summed E-state index contributed by atoms with van der Waals surface area (Å²) in [6, 6.07) is 2.81. The fourth-order valence-corrected chi connectivity index (χ4v) is 7.19. The molecule has 6 rings (SSSR count). The number of nitrogens with zero attached hydrogens (tertiary/aromatic N) is 5. The number of anilines is 3. The van der Waals surface area contributed by atoms with Crippen LogP contribution in [-0.4, -0.2) is 57.1 Å². The van der Waals surface area contributed by atoms with Crippen molar-refractivity contribution in [2.24, 2.45) is 0 Å². The van der Waals surface area contributed by atoms with Crippen molar-refractivity contribution in [2.45, 2.75) is 45.3 Å². The van der Waals surface area contributed by atoms with Crippen LogP contribution in [0.25, 0.3) is 22.3 Å². The average molecular weight is 721 g/mol. The van der Waals surface area contributed by atoms with Gasteiger partial charge in [-0.15, -0.1) is 0 Å². The van der Waals surface area contributed by atoms with Crippen molar-refractivity contribution < 1.29 is 22.4 Å². The zero-order valence-corrected chi connectivity index (χ0v) is 28.1. The van der Waals surface area contributed by atoms with Crippen LogP contribution >= 0.6 is 23.2 Å². The average Bonchev–Trinajstić information content (AvgIpc) is 3.24. The van der Waals surface area contributed by atoms with E-state index in [9.17, 15) is 14.4 Å². The molecule has 1 fully saturated rings. The molecule has 258 valence electrons. The molecule has 16 heteroatoms. The topological polar surface area (TPSA) is 118 Å². The lowest BCUT2D eigenvalue weighted by atomic mass is 10.0. The van der Waals surface area contributed by atoms with Crippen molar-refractivity contribution in [1.29, 1.82) is 0 Å². The number of amides is 1. The smallest absolute Gasteiger partial charge is 0.396 e. The highest BCUT2D eigenvalue weighted by Gasteiger charge is 2.41. The van der Waals surface area contributed by atoms with Gasteiger partial charge in [0.1, 0.15) is 22.6 Å². The van der Waals surface area contributed by atoms with Crippen LogP contribution in [0.5, 0.6) is 0 Å². The summed E-state index contributed by atoms with van der Waals surface area (Å²) in [4.78, 5) is 49.9. The Balaban J connectivity index is 1.85. The SMILES string of the molecule is C=CC(=O)N1CCN2c3c(c(=O)n(-c4c(C)ccnc4C(C)C)c4c(=O)n(-c5c(N)c(Cl)cc(Cl)c5F)c(C(F)(F)F)cc34)NCCC2C1. The first-order chi connectivity index (χ1) is 23.1. The lowest BCUT2D eigenvalue weighted by Gasteiger charge is -2.42. The molecular formula is C33H31Cl2F4N7O3. The first-order valence-corrected chi connectivity index (χ1v) is 16.1. The number of pyridine rings is 3. The van der Waals surface area contributed by atoms with Gasteiger partial charge >= 0.3 is 6.18 Å². The van der Waals surface area contributed by atoms with Gasteiger partial charge < -0.3 is 20.9 Å². The second kappa shape index (κ2) is 12.4. The van der Waals surface area contributed by atoms with Gasteiger partial charge in [0.2, 0.25) is 5.91 Å². The van der Waals surface area contributed by atoms with Crippen molar-refractivity contribution in [3.8, 4) is 11.4 Å². The predicted octanol–water partition coefficient (Wildman–Crippen LogP) is 6.03. The second-order valence-corrected chi connectivity index (χ2v) is 13.1. The van der Waals surface area contributed by atoms with Crippen LogP contribution in [0, 0.1) is 12.7 Å². The zero-order valence-electron chi connectivity index (χ0n) is 26.6. The molecule has 0 saturated carbocycles. The molecule has 0 spiro atoms. The molecule has 10 nitrogen and oxygen atoms in total. The van der Waals surface area contributed by atoms with Crippen LogP contribution in [0.15, 0.2) is 46.6 Å². The molecule has 3 N–H and O–H groups in total. The molecule has 5 heterocycles. The normalized spacial score (nSPS) is 16.3. The summed E-state index contributed by atoms with van der Waals surface area (Å²) in [5.41, 5.74) is 1.33. The fourth-order valence-electron chi connectivity index (χ4n) is 6.74. The number of carbonyl (C=O) groups is 1. The molecule has 0 aliphatic carbocycles. The third-order valence-electron chi connectivity index (χ3n) is 8.97. The highest BCUT2D eigenvalue weighted by molar-refractivity contribution is 6.37. The van der Waals surface area contributed by atoms with Crippen LogP contribution in [0.2, 0.25) is 10.0 Å². The number of hydrogen-bond acceptors (Lipinski definition) is 7. The first kappa shape index (κ1) is 34.3. The molecule has 1 amide bonds. The molecule has 3 aromatic heterocycles. The van der Waals surface area contributed by atoms with Gasteiger partial charge in [-0.05, 0) is 49.1 Å². The molecule has 1 saturated heterocycles. The van der Waals surface area contributed by atoms with Gasteiger partial charge in [0.25, 0.3) is 11.1 Å². The minimum absolute atomic E-state index is 0.0294. The summed E-state index contributed by atoms with van der Waals surface area (Å²) >= 11 is 12.2. The minimum Gasteiger partial charge on any atom is -0.396 e. The van der Waals surface area contributed by atoms with Gasteiger partial charge in [0, 0.05) is 43.8 Å². The van der Waals surface area contributed by atoms with E-state index in [-0.39, 0.29) is 70.0 Å². The number of rotatable bonds is 4. The van der Waals surface area contributed by atoms with Gasteiger partial charge in [-0.1, -0.05) is 43.6 Å². The number of alkyl halides is 3. The van der Waals surface area contributed by atoms with E-state index in [4.69, 9.17) is 28.9 Å². The van der Waals surface area contributed by atoms with Crippen LogP contribution in [-0.2, 0) is 11.0 Å². The molecule has 1 atom stereocenters. The summed E-state index contributed by atoms with van der Waals surface area (Å²) in [7, 11) is 0. The van der Waals surface area contributed by atoms with Gasteiger partial charge in [-0.2, -0.15) is 13.2 Å². The van der Waals surface area contributed by atoms with Crippen molar-refractivity contribution in [2.75, 3.05) is 42.1 Å². The van der Waals surface area contributed by atoms with Crippen LogP contribution in [0.4, 0.5) is 34.6 Å². The number of carbonyl (C=O) groups excluding carboxylic acids is 1. The summed E-state index contributed by atoms with van der Waals surface area (Å²) in [5, 5.41) is 1.83. The Labute approximate surface area is 287 Å². The Morgan fingerprint density at radius 2 is 1.82 bits per heavy atom. The van der Waals surface area contributed by atoms with Gasteiger partial charge in [0.05, 0.1) is 32.8 Å². The lowest BCUT2D eigenvalue weighted by Crippen LogP contribution is -2.54. The fraction of sp³-hybridized carbons (Fsp3) is 0.333.